The molecule has 0 aliphatic rings. The van der Waals surface area contributed by atoms with Crippen LogP contribution < -0.4 is 10.3 Å². The smallest absolute Gasteiger partial charge is 0.464 e. The standard InChI is InChI=1S/C21H14F3N5O5/c1-32-20(31)16-10-12(8-9-25-16)11-29-17(30)7-6-15(27-29)19-26-18(28-34-19)13-2-4-14(5-3-13)33-21(22,23)24/h2-10H,11H2,1H3. The first-order chi connectivity index (χ1) is 16.2. The molecule has 4 rings (SSSR count). The van der Waals surface area contributed by atoms with Crippen LogP contribution in [-0.4, -0.2) is 44.3 Å². The summed E-state index contributed by atoms with van der Waals surface area (Å²) in [5.74, 6) is -0.915. The number of aromatic nitrogens is 5. The van der Waals surface area contributed by atoms with Gasteiger partial charge in [-0.2, -0.15) is 10.1 Å². The van der Waals surface area contributed by atoms with E-state index in [-0.39, 0.29) is 35.4 Å². The van der Waals surface area contributed by atoms with Crippen LogP contribution in [-0.2, 0) is 11.3 Å². The lowest BCUT2D eigenvalue weighted by Crippen LogP contribution is -2.23. The van der Waals surface area contributed by atoms with Gasteiger partial charge in [0.05, 0.1) is 13.7 Å². The molecule has 0 saturated heterocycles. The van der Waals surface area contributed by atoms with Gasteiger partial charge in [0.15, 0.2) is 0 Å². The molecule has 10 nitrogen and oxygen atoms in total. The van der Waals surface area contributed by atoms with Crippen molar-refractivity contribution in [2.75, 3.05) is 7.11 Å². The molecular formula is C21H14F3N5O5. The largest absolute Gasteiger partial charge is 0.573 e. The molecule has 3 aromatic heterocycles. The summed E-state index contributed by atoms with van der Waals surface area (Å²) in [7, 11) is 1.23. The highest BCUT2D eigenvalue weighted by Crippen LogP contribution is 2.26. The summed E-state index contributed by atoms with van der Waals surface area (Å²) in [6.45, 7) is 0.0286. The second kappa shape index (κ2) is 9.13. The molecule has 0 bridgehead atoms. The lowest BCUT2D eigenvalue weighted by atomic mass is 10.2. The molecule has 0 aliphatic carbocycles. The van der Waals surface area contributed by atoms with E-state index in [1.54, 1.807) is 6.07 Å². The van der Waals surface area contributed by atoms with E-state index in [4.69, 9.17) is 4.52 Å². The number of hydrogen-bond donors (Lipinski definition) is 0. The van der Waals surface area contributed by atoms with Crippen molar-refractivity contribution < 1.29 is 32.0 Å². The van der Waals surface area contributed by atoms with Crippen molar-refractivity contribution in [3.63, 3.8) is 0 Å². The third-order valence-corrected chi connectivity index (χ3v) is 4.41. The van der Waals surface area contributed by atoms with E-state index >= 15 is 0 Å². The van der Waals surface area contributed by atoms with Gasteiger partial charge in [-0.1, -0.05) is 5.16 Å². The van der Waals surface area contributed by atoms with Gasteiger partial charge in [-0.15, -0.1) is 13.2 Å². The fraction of sp³-hybridized carbons (Fsp3) is 0.143. The summed E-state index contributed by atoms with van der Waals surface area (Å²) in [6.07, 6.45) is -3.39. The molecule has 0 amide bonds. The fourth-order valence-corrected chi connectivity index (χ4v) is 2.89. The zero-order valence-corrected chi connectivity index (χ0v) is 17.3. The van der Waals surface area contributed by atoms with Crippen molar-refractivity contribution in [1.82, 2.24) is 24.9 Å². The van der Waals surface area contributed by atoms with Gasteiger partial charge in [0.25, 0.3) is 11.4 Å². The average molecular weight is 473 g/mol. The summed E-state index contributed by atoms with van der Waals surface area (Å²) < 4.78 is 51.7. The predicted molar refractivity (Wildman–Crippen MR) is 109 cm³/mol. The van der Waals surface area contributed by atoms with Crippen LogP contribution in [0.3, 0.4) is 0 Å². The van der Waals surface area contributed by atoms with Gasteiger partial charge in [-0.05, 0) is 48.0 Å². The highest BCUT2D eigenvalue weighted by atomic mass is 19.4. The molecule has 0 unspecified atom stereocenters. The lowest BCUT2D eigenvalue weighted by molar-refractivity contribution is -0.274. The zero-order chi connectivity index (χ0) is 24.3. The van der Waals surface area contributed by atoms with Crippen molar-refractivity contribution >= 4 is 5.97 Å². The molecule has 4 aromatic rings. The maximum absolute atomic E-state index is 12.3. The number of alkyl halides is 3. The molecule has 0 fully saturated rings. The predicted octanol–water partition coefficient (Wildman–Crippen LogP) is 3.09. The zero-order valence-electron chi connectivity index (χ0n) is 17.3. The number of rotatable bonds is 6. The van der Waals surface area contributed by atoms with Crippen LogP contribution >= 0.6 is 0 Å². The summed E-state index contributed by atoms with van der Waals surface area (Å²) in [4.78, 5) is 32.1. The number of carbonyl (C=O) groups is 1. The Hall–Kier alpha value is -4.55. The number of methoxy groups -OCH3 is 1. The third kappa shape index (κ3) is 5.26. The third-order valence-electron chi connectivity index (χ3n) is 4.41. The van der Waals surface area contributed by atoms with Crippen molar-refractivity contribution in [3.8, 4) is 28.7 Å². The number of ether oxygens (including phenoxy) is 2. The van der Waals surface area contributed by atoms with Gasteiger partial charge in [0.2, 0.25) is 5.82 Å². The van der Waals surface area contributed by atoms with Crippen LogP contribution in [0.15, 0.2) is 64.0 Å². The summed E-state index contributed by atoms with van der Waals surface area (Å²) in [5.41, 5.74) is 0.815. The van der Waals surface area contributed by atoms with Crippen molar-refractivity contribution in [1.29, 1.82) is 0 Å². The van der Waals surface area contributed by atoms with Gasteiger partial charge >= 0.3 is 12.3 Å². The molecule has 3 heterocycles. The minimum atomic E-state index is -4.80. The topological polar surface area (TPSA) is 122 Å². The number of carbonyl (C=O) groups excluding carboxylic acids is 1. The molecule has 0 saturated carbocycles. The number of halogens is 3. The quantitative estimate of drug-likeness (QED) is 0.389. The van der Waals surface area contributed by atoms with Gasteiger partial charge in [-0.25, -0.2) is 14.5 Å². The molecule has 0 radical (unpaired) electrons. The van der Waals surface area contributed by atoms with Crippen molar-refractivity contribution in [2.24, 2.45) is 0 Å². The highest BCUT2D eigenvalue weighted by Gasteiger charge is 2.31. The van der Waals surface area contributed by atoms with Crippen LogP contribution in [0.1, 0.15) is 16.1 Å². The number of esters is 1. The first-order valence-electron chi connectivity index (χ1n) is 9.53. The molecular weight excluding hydrogens is 459 g/mol. The highest BCUT2D eigenvalue weighted by molar-refractivity contribution is 5.87. The van der Waals surface area contributed by atoms with E-state index < -0.39 is 17.9 Å². The van der Waals surface area contributed by atoms with Crippen LogP contribution in [0.25, 0.3) is 23.0 Å². The Morgan fingerprint density at radius 1 is 1.12 bits per heavy atom. The number of pyridine rings is 1. The van der Waals surface area contributed by atoms with Crippen LogP contribution in [0, 0.1) is 0 Å². The van der Waals surface area contributed by atoms with E-state index in [0.717, 1.165) is 16.8 Å². The van der Waals surface area contributed by atoms with Crippen molar-refractivity contribution in [2.45, 2.75) is 12.9 Å². The summed E-state index contributed by atoms with van der Waals surface area (Å²) in [5, 5.41) is 8.03. The van der Waals surface area contributed by atoms with E-state index in [9.17, 15) is 22.8 Å². The monoisotopic (exact) mass is 473 g/mol. The van der Waals surface area contributed by atoms with Gasteiger partial charge in [0.1, 0.15) is 17.1 Å². The summed E-state index contributed by atoms with van der Waals surface area (Å²) >= 11 is 0. The Bertz CT molecular complexity index is 1380. The fourth-order valence-electron chi connectivity index (χ4n) is 2.89. The maximum Gasteiger partial charge on any atom is 0.573 e. The molecule has 1 aromatic carbocycles. The van der Waals surface area contributed by atoms with E-state index in [2.05, 4.69) is 29.7 Å². The lowest BCUT2D eigenvalue weighted by Gasteiger charge is -2.08. The molecule has 34 heavy (non-hydrogen) atoms. The maximum atomic E-state index is 12.3. The summed E-state index contributed by atoms with van der Waals surface area (Å²) in [6, 6.07) is 10.7. The molecule has 0 N–H and O–H groups in total. The van der Waals surface area contributed by atoms with Gasteiger partial charge in [0, 0.05) is 17.8 Å². The van der Waals surface area contributed by atoms with Crippen LogP contribution in [0.2, 0.25) is 0 Å². The first-order valence-corrected chi connectivity index (χ1v) is 9.53. The molecule has 0 atom stereocenters. The Kier molecular flexibility index (Phi) is 6.08. The average Bonchev–Trinajstić information content (AvgIpc) is 3.30. The minimum Gasteiger partial charge on any atom is -0.464 e. The van der Waals surface area contributed by atoms with E-state index in [0.29, 0.717) is 11.1 Å². The number of benzene rings is 1. The van der Waals surface area contributed by atoms with Gasteiger partial charge in [-0.3, -0.25) is 4.79 Å². The van der Waals surface area contributed by atoms with Crippen LogP contribution in [0.5, 0.6) is 5.75 Å². The Morgan fingerprint density at radius 3 is 2.59 bits per heavy atom. The Morgan fingerprint density at radius 2 is 1.88 bits per heavy atom. The molecule has 0 aliphatic heterocycles. The SMILES string of the molecule is COC(=O)c1cc(Cn2nc(-c3nc(-c4ccc(OC(F)(F)F)cc4)no3)ccc2=O)ccn1. The van der Waals surface area contributed by atoms with Crippen molar-refractivity contribution in [3.05, 3.63) is 76.3 Å². The Labute approximate surface area is 188 Å². The van der Waals surface area contributed by atoms with E-state index in [1.165, 1.54) is 43.6 Å². The molecule has 13 heteroatoms. The number of hydrogen-bond acceptors (Lipinski definition) is 9. The first kappa shape index (κ1) is 22.6. The Balaban J connectivity index is 1.56. The molecule has 0 spiro atoms. The second-order valence-electron chi connectivity index (χ2n) is 6.75. The normalized spacial score (nSPS) is 11.3. The number of nitrogens with zero attached hydrogens (tertiary/aromatic N) is 5. The van der Waals surface area contributed by atoms with E-state index in [1.807, 2.05) is 0 Å². The second-order valence-corrected chi connectivity index (χ2v) is 6.75. The van der Waals surface area contributed by atoms with Crippen LogP contribution in [0.4, 0.5) is 13.2 Å². The molecule has 174 valence electrons. The van der Waals surface area contributed by atoms with Gasteiger partial charge < -0.3 is 14.0 Å². The minimum absolute atomic E-state index is 0.00986.